The van der Waals surface area contributed by atoms with E-state index in [0.717, 1.165) is 37.1 Å². The van der Waals surface area contributed by atoms with Crippen LogP contribution in [0.5, 0.6) is 0 Å². The molecule has 1 amide bonds. The van der Waals surface area contributed by atoms with Crippen molar-refractivity contribution in [3.05, 3.63) is 30.1 Å². The minimum absolute atomic E-state index is 0.0855. The number of likely N-dealkylation sites (tertiary alicyclic amines) is 1. The lowest BCUT2D eigenvalue weighted by molar-refractivity contribution is 0.0943. The molecule has 1 aliphatic rings. The molecule has 100 valence electrons. The van der Waals surface area contributed by atoms with E-state index in [2.05, 4.69) is 27.2 Å². The molecule has 19 heavy (non-hydrogen) atoms. The van der Waals surface area contributed by atoms with Gasteiger partial charge in [0.2, 0.25) is 0 Å². The van der Waals surface area contributed by atoms with Crippen LogP contribution in [-0.2, 0) is 0 Å². The topological polar surface area (TPSA) is 61.0 Å². The number of nitrogens with zero attached hydrogens (tertiary/aromatic N) is 2. The average molecular weight is 258 g/mol. The maximum absolute atomic E-state index is 12.1. The van der Waals surface area contributed by atoms with Crippen molar-refractivity contribution in [3.8, 4) is 0 Å². The lowest BCUT2D eigenvalue weighted by atomic mass is 10.1. The SMILES string of the molecule is CN1CCC(CNC(=O)c2ccc3[nH]ccc3n2)C1. The molecule has 0 spiro atoms. The number of H-pyrrole nitrogens is 1. The van der Waals surface area contributed by atoms with E-state index in [1.165, 1.54) is 0 Å². The summed E-state index contributed by atoms with van der Waals surface area (Å²) in [5, 5.41) is 2.98. The predicted octanol–water partition coefficient (Wildman–Crippen LogP) is 1.24. The van der Waals surface area contributed by atoms with Crippen molar-refractivity contribution in [2.75, 3.05) is 26.7 Å². The summed E-state index contributed by atoms with van der Waals surface area (Å²) in [5.74, 6) is 0.475. The zero-order valence-electron chi connectivity index (χ0n) is 11.0. The van der Waals surface area contributed by atoms with E-state index in [1.54, 1.807) is 6.07 Å². The number of hydrogen-bond donors (Lipinski definition) is 2. The van der Waals surface area contributed by atoms with E-state index in [0.29, 0.717) is 11.6 Å². The van der Waals surface area contributed by atoms with Gasteiger partial charge in [0, 0.05) is 19.3 Å². The van der Waals surface area contributed by atoms with E-state index in [9.17, 15) is 4.79 Å². The molecular weight excluding hydrogens is 240 g/mol. The van der Waals surface area contributed by atoms with E-state index in [1.807, 2.05) is 18.3 Å². The smallest absolute Gasteiger partial charge is 0.269 e. The summed E-state index contributed by atoms with van der Waals surface area (Å²) in [7, 11) is 2.11. The van der Waals surface area contributed by atoms with Gasteiger partial charge < -0.3 is 15.2 Å². The number of fused-ring (bicyclic) bond motifs is 1. The van der Waals surface area contributed by atoms with Crippen LogP contribution in [0.25, 0.3) is 11.0 Å². The molecule has 0 aliphatic carbocycles. The summed E-state index contributed by atoms with van der Waals surface area (Å²) < 4.78 is 0. The number of amides is 1. The van der Waals surface area contributed by atoms with Gasteiger partial charge in [-0.3, -0.25) is 4.79 Å². The molecule has 1 fully saturated rings. The van der Waals surface area contributed by atoms with Crippen molar-refractivity contribution >= 4 is 16.9 Å². The van der Waals surface area contributed by atoms with Gasteiger partial charge >= 0.3 is 0 Å². The first-order valence-corrected chi connectivity index (χ1v) is 6.63. The number of carbonyl (C=O) groups is 1. The Kier molecular flexibility index (Phi) is 3.21. The van der Waals surface area contributed by atoms with Crippen molar-refractivity contribution in [3.63, 3.8) is 0 Å². The van der Waals surface area contributed by atoms with Gasteiger partial charge in [-0.15, -0.1) is 0 Å². The summed E-state index contributed by atoms with van der Waals surface area (Å²) in [6, 6.07) is 5.52. The number of pyridine rings is 1. The third-order valence-electron chi connectivity index (χ3n) is 3.68. The van der Waals surface area contributed by atoms with Crippen LogP contribution >= 0.6 is 0 Å². The Labute approximate surface area is 112 Å². The highest BCUT2D eigenvalue weighted by atomic mass is 16.1. The van der Waals surface area contributed by atoms with Gasteiger partial charge in [-0.25, -0.2) is 4.98 Å². The van der Waals surface area contributed by atoms with Crippen LogP contribution in [0.1, 0.15) is 16.9 Å². The Bertz CT molecular complexity index is 592. The first kappa shape index (κ1) is 12.2. The van der Waals surface area contributed by atoms with Gasteiger partial charge in [-0.05, 0) is 44.1 Å². The summed E-state index contributed by atoms with van der Waals surface area (Å²) in [6.07, 6.45) is 2.98. The second-order valence-corrected chi connectivity index (χ2v) is 5.23. The van der Waals surface area contributed by atoms with Gasteiger partial charge in [0.15, 0.2) is 0 Å². The maximum atomic E-state index is 12.1. The van der Waals surface area contributed by atoms with E-state index < -0.39 is 0 Å². The summed E-state index contributed by atoms with van der Waals surface area (Å²) in [4.78, 5) is 21.8. The second-order valence-electron chi connectivity index (χ2n) is 5.23. The fraction of sp³-hybridized carbons (Fsp3) is 0.429. The van der Waals surface area contributed by atoms with Gasteiger partial charge in [0.1, 0.15) is 5.69 Å². The number of hydrogen-bond acceptors (Lipinski definition) is 3. The third kappa shape index (κ3) is 2.61. The van der Waals surface area contributed by atoms with Crippen LogP contribution in [0.2, 0.25) is 0 Å². The molecule has 2 aromatic rings. The Morgan fingerprint density at radius 3 is 3.21 bits per heavy atom. The van der Waals surface area contributed by atoms with Crippen molar-refractivity contribution < 1.29 is 4.79 Å². The molecule has 0 aromatic carbocycles. The zero-order valence-corrected chi connectivity index (χ0v) is 11.0. The number of carbonyl (C=O) groups excluding carboxylic acids is 1. The Morgan fingerprint density at radius 1 is 1.53 bits per heavy atom. The molecule has 1 aliphatic heterocycles. The Balaban J connectivity index is 1.63. The van der Waals surface area contributed by atoms with Crippen LogP contribution < -0.4 is 5.32 Å². The minimum Gasteiger partial charge on any atom is -0.360 e. The minimum atomic E-state index is -0.0855. The van der Waals surface area contributed by atoms with Crippen molar-refractivity contribution in [1.29, 1.82) is 0 Å². The summed E-state index contributed by atoms with van der Waals surface area (Å²) >= 11 is 0. The standard InChI is InChI=1S/C14H18N4O/c1-18-7-5-10(9-18)8-16-14(19)13-3-2-11-12(17-13)4-6-15-11/h2-4,6,10,15H,5,7-9H2,1H3,(H,16,19). The number of nitrogens with one attached hydrogen (secondary N) is 2. The first-order valence-electron chi connectivity index (χ1n) is 6.63. The van der Waals surface area contributed by atoms with Crippen molar-refractivity contribution in [2.45, 2.75) is 6.42 Å². The first-order chi connectivity index (χ1) is 9.22. The molecule has 0 saturated carbocycles. The molecule has 3 rings (SSSR count). The quantitative estimate of drug-likeness (QED) is 0.871. The third-order valence-corrected chi connectivity index (χ3v) is 3.68. The zero-order chi connectivity index (χ0) is 13.2. The van der Waals surface area contributed by atoms with Crippen LogP contribution in [0.15, 0.2) is 24.4 Å². The van der Waals surface area contributed by atoms with Crippen molar-refractivity contribution in [2.24, 2.45) is 5.92 Å². The lowest BCUT2D eigenvalue weighted by Crippen LogP contribution is -2.31. The predicted molar refractivity (Wildman–Crippen MR) is 74.0 cm³/mol. The molecule has 3 heterocycles. The Hall–Kier alpha value is -1.88. The molecule has 1 unspecified atom stereocenters. The van der Waals surface area contributed by atoms with Crippen LogP contribution in [0.3, 0.4) is 0 Å². The molecule has 2 N–H and O–H groups in total. The largest absolute Gasteiger partial charge is 0.360 e. The fourth-order valence-electron chi connectivity index (χ4n) is 2.58. The maximum Gasteiger partial charge on any atom is 0.269 e. The highest BCUT2D eigenvalue weighted by Gasteiger charge is 2.20. The highest BCUT2D eigenvalue weighted by Crippen LogP contribution is 2.13. The van der Waals surface area contributed by atoms with E-state index >= 15 is 0 Å². The Morgan fingerprint density at radius 2 is 2.42 bits per heavy atom. The molecule has 2 aromatic heterocycles. The van der Waals surface area contributed by atoms with Crippen molar-refractivity contribution in [1.82, 2.24) is 20.2 Å². The molecule has 0 radical (unpaired) electrons. The molecule has 5 nitrogen and oxygen atoms in total. The molecular formula is C14H18N4O. The monoisotopic (exact) mass is 258 g/mol. The van der Waals surface area contributed by atoms with Gasteiger partial charge in [-0.1, -0.05) is 0 Å². The lowest BCUT2D eigenvalue weighted by Gasteiger charge is -2.11. The van der Waals surface area contributed by atoms with Crippen LogP contribution in [0.4, 0.5) is 0 Å². The average Bonchev–Trinajstić information content (AvgIpc) is 3.03. The molecule has 0 bridgehead atoms. The normalized spacial score (nSPS) is 19.9. The second kappa shape index (κ2) is 5.01. The van der Waals surface area contributed by atoms with E-state index in [4.69, 9.17) is 0 Å². The summed E-state index contributed by atoms with van der Waals surface area (Å²) in [6.45, 7) is 2.91. The van der Waals surface area contributed by atoms with Gasteiger partial charge in [-0.2, -0.15) is 0 Å². The molecule has 5 heteroatoms. The number of aromatic amines is 1. The van der Waals surface area contributed by atoms with Gasteiger partial charge in [0.05, 0.1) is 11.0 Å². The number of rotatable bonds is 3. The van der Waals surface area contributed by atoms with Crippen LogP contribution in [-0.4, -0.2) is 47.5 Å². The number of aromatic nitrogens is 2. The van der Waals surface area contributed by atoms with Gasteiger partial charge in [0.25, 0.3) is 5.91 Å². The molecule has 1 saturated heterocycles. The highest BCUT2D eigenvalue weighted by molar-refractivity contribution is 5.94. The van der Waals surface area contributed by atoms with E-state index in [-0.39, 0.29) is 5.91 Å². The fourth-order valence-corrected chi connectivity index (χ4v) is 2.58. The molecule has 1 atom stereocenters. The van der Waals surface area contributed by atoms with Crippen LogP contribution in [0, 0.1) is 5.92 Å². The summed E-state index contributed by atoms with van der Waals surface area (Å²) in [5.41, 5.74) is 2.26.